The standard InChI is InChI=1S/C17H23BrN4O2S/c18-15-4-2-14(3-5-15)16(23)21-7-1-8-22(21)17(25)19-6-9-20-10-12-24-13-11-20/h2-5H,1,6-13H2,(H,19,25). The fourth-order valence-corrected chi connectivity index (χ4v) is 3.57. The van der Waals surface area contributed by atoms with Gasteiger partial charge >= 0.3 is 0 Å². The van der Waals surface area contributed by atoms with Crippen molar-refractivity contribution >= 4 is 39.2 Å². The summed E-state index contributed by atoms with van der Waals surface area (Å²) in [6.07, 6.45) is 0.924. The van der Waals surface area contributed by atoms with Gasteiger partial charge in [0.15, 0.2) is 5.11 Å². The van der Waals surface area contributed by atoms with E-state index in [1.165, 1.54) is 0 Å². The third kappa shape index (κ3) is 4.91. The lowest BCUT2D eigenvalue weighted by molar-refractivity contribution is 0.0382. The molecule has 136 valence electrons. The quantitative estimate of drug-likeness (QED) is 0.739. The average molecular weight is 427 g/mol. The lowest BCUT2D eigenvalue weighted by Crippen LogP contribution is -2.50. The van der Waals surface area contributed by atoms with E-state index in [2.05, 4.69) is 26.1 Å². The summed E-state index contributed by atoms with van der Waals surface area (Å²) in [4.78, 5) is 15.1. The Balaban J connectivity index is 1.52. The molecule has 2 aliphatic heterocycles. The Kier molecular flexibility index (Phi) is 6.63. The molecule has 3 rings (SSSR count). The van der Waals surface area contributed by atoms with Gasteiger partial charge in [0.25, 0.3) is 5.91 Å². The Bertz CT molecular complexity index is 607. The maximum atomic E-state index is 12.8. The summed E-state index contributed by atoms with van der Waals surface area (Å²) in [7, 11) is 0. The van der Waals surface area contributed by atoms with Crippen molar-refractivity contribution in [3.63, 3.8) is 0 Å². The second-order valence-corrected chi connectivity index (χ2v) is 7.40. The summed E-state index contributed by atoms with van der Waals surface area (Å²) in [6, 6.07) is 7.43. The largest absolute Gasteiger partial charge is 0.379 e. The smallest absolute Gasteiger partial charge is 0.272 e. The third-order valence-electron chi connectivity index (χ3n) is 4.40. The van der Waals surface area contributed by atoms with Crippen LogP contribution in [-0.2, 0) is 4.74 Å². The van der Waals surface area contributed by atoms with Crippen molar-refractivity contribution in [2.75, 3.05) is 52.5 Å². The van der Waals surface area contributed by atoms with E-state index in [0.717, 1.165) is 56.8 Å². The van der Waals surface area contributed by atoms with Gasteiger partial charge in [0.2, 0.25) is 0 Å². The summed E-state index contributed by atoms with van der Waals surface area (Å²) in [5.41, 5.74) is 0.672. The zero-order valence-corrected chi connectivity index (χ0v) is 16.5. The molecule has 0 aromatic heterocycles. The van der Waals surface area contributed by atoms with E-state index in [9.17, 15) is 4.79 Å². The summed E-state index contributed by atoms with van der Waals surface area (Å²) in [5.74, 6) is -0.0117. The van der Waals surface area contributed by atoms with E-state index >= 15 is 0 Å². The zero-order valence-electron chi connectivity index (χ0n) is 14.1. The van der Waals surface area contributed by atoms with Crippen molar-refractivity contribution in [3.8, 4) is 0 Å². The lowest BCUT2D eigenvalue weighted by atomic mass is 10.2. The van der Waals surface area contributed by atoms with Crippen molar-refractivity contribution in [2.24, 2.45) is 0 Å². The molecule has 2 aliphatic rings. The lowest BCUT2D eigenvalue weighted by Gasteiger charge is -2.31. The fourth-order valence-electron chi connectivity index (χ4n) is 3.01. The highest BCUT2D eigenvalue weighted by molar-refractivity contribution is 9.10. The number of nitrogens with zero attached hydrogens (tertiary/aromatic N) is 3. The SMILES string of the molecule is O=C(c1ccc(Br)cc1)N1CCCN1C(=S)NCCN1CCOCC1. The molecule has 1 amide bonds. The van der Waals surface area contributed by atoms with Gasteiger partial charge in [0.05, 0.1) is 13.2 Å². The molecular weight excluding hydrogens is 404 g/mol. The Morgan fingerprint density at radius 1 is 1.12 bits per heavy atom. The van der Waals surface area contributed by atoms with Gasteiger partial charge in [-0.1, -0.05) is 15.9 Å². The van der Waals surface area contributed by atoms with Gasteiger partial charge in [-0.15, -0.1) is 0 Å². The van der Waals surface area contributed by atoms with Crippen LogP contribution in [0.1, 0.15) is 16.8 Å². The highest BCUT2D eigenvalue weighted by Crippen LogP contribution is 2.17. The molecule has 0 aliphatic carbocycles. The van der Waals surface area contributed by atoms with Crippen LogP contribution in [0.3, 0.4) is 0 Å². The van der Waals surface area contributed by atoms with E-state index in [-0.39, 0.29) is 5.91 Å². The normalized spacial score (nSPS) is 18.4. The average Bonchev–Trinajstić information content (AvgIpc) is 3.12. The second-order valence-electron chi connectivity index (χ2n) is 6.10. The van der Waals surface area contributed by atoms with Crippen LogP contribution in [0.5, 0.6) is 0 Å². The fraction of sp³-hybridized carbons (Fsp3) is 0.529. The van der Waals surface area contributed by atoms with Gasteiger partial charge in [0.1, 0.15) is 0 Å². The maximum absolute atomic E-state index is 12.8. The summed E-state index contributed by atoms with van der Waals surface area (Å²) in [5, 5.41) is 7.54. The molecule has 0 unspecified atom stereocenters. The molecule has 2 saturated heterocycles. The number of carbonyl (C=O) groups is 1. The molecule has 8 heteroatoms. The molecule has 2 heterocycles. The van der Waals surface area contributed by atoms with Crippen LogP contribution in [0.2, 0.25) is 0 Å². The molecule has 1 aromatic rings. The van der Waals surface area contributed by atoms with Crippen molar-refractivity contribution in [2.45, 2.75) is 6.42 Å². The second kappa shape index (κ2) is 8.93. The molecule has 0 atom stereocenters. The minimum atomic E-state index is -0.0117. The van der Waals surface area contributed by atoms with Crippen molar-refractivity contribution in [3.05, 3.63) is 34.3 Å². The number of hydrazine groups is 1. The molecular formula is C17H23BrN4O2S. The Morgan fingerprint density at radius 3 is 2.52 bits per heavy atom. The maximum Gasteiger partial charge on any atom is 0.272 e. The van der Waals surface area contributed by atoms with Gasteiger partial charge < -0.3 is 10.1 Å². The van der Waals surface area contributed by atoms with E-state index in [1.54, 1.807) is 5.01 Å². The first-order valence-electron chi connectivity index (χ1n) is 8.58. The predicted octanol–water partition coefficient (Wildman–Crippen LogP) is 1.72. The van der Waals surface area contributed by atoms with E-state index in [1.807, 2.05) is 29.3 Å². The van der Waals surface area contributed by atoms with Gasteiger partial charge in [-0.3, -0.25) is 14.7 Å². The minimum Gasteiger partial charge on any atom is -0.379 e. The molecule has 1 N–H and O–H groups in total. The van der Waals surface area contributed by atoms with Crippen molar-refractivity contribution < 1.29 is 9.53 Å². The van der Waals surface area contributed by atoms with Gasteiger partial charge in [-0.25, -0.2) is 5.01 Å². The highest BCUT2D eigenvalue weighted by Gasteiger charge is 2.29. The molecule has 6 nitrogen and oxygen atoms in total. The number of rotatable bonds is 4. The Morgan fingerprint density at radius 2 is 1.80 bits per heavy atom. The van der Waals surface area contributed by atoms with Gasteiger partial charge in [-0.05, 0) is 42.9 Å². The van der Waals surface area contributed by atoms with Gasteiger partial charge in [-0.2, -0.15) is 0 Å². The first-order chi connectivity index (χ1) is 12.1. The van der Waals surface area contributed by atoms with E-state index in [4.69, 9.17) is 17.0 Å². The summed E-state index contributed by atoms with van der Waals surface area (Å²) < 4.78 is 6.32. The Hall–Kier alpha value is -1.22. The number of halogens is 1. The molecule has 25 heavy (non-hydrogen) atoms. The van der Waals surface area contributed by atoms with Crippen LogP contribution >= 0.6 is 28.1 Å². The Labute approximate surface area is 162 Å². The highest BCUT2D eigenvalue weighted by atomic mass is 79.9. The molecule has 2 fully saturated rings. The number of nitrogens with one attached hydrogen (secondary N) is 1. The monoisotopic (exact) mass is 426 g/mol. The van der Waals surface area contributed by atoms with Crippen LogP contribution in [0.15, 0.2) is 28.7 Å². The van der Waals surface area contributed by atoms with E-state index < -0.39 is 0 Å². The first kappa shape index (κ1) is 18.6. The number of thiocarbonyl (C=S) groups is 1. The zero-order chi connectivity index (χ0) is 17.6. The van der Waals surface area contributed by atoms with Crippen molar-refractivity contribution in [1.82, 2.24) is 20.2 Å². The van der Waals surface area contributed by atoms with Crippen LogP contribution in [0.25, 0.3) is 0 Å². The molecule has 1 aromatic carbocycles. The molecule has 0 spiro atoms. The number of carbonyl (C=O) groups excluding carboxylic acids is 1. The van der Waals surface area contributed by atoms with Crippen LogP contribution < -0.4 is 5.32 Å². The molecule has 0 bridgehead atoms. The topological polar surface area (TPSA) is 48.1 Å². The molecule has 0 saturated carbocycles. The predicted molar refractivity (Wildman–Crippen MR) is 104 cm³/mol. The number of benzene rings is 1. The van der Waals surface area contributed by atoms with Crippen LogP contribution in [-0.4, -0.2) is 78.4 Å². The van der Waals surface area contributed by atoms with E-state index in [0.29, 0.717) is 17.2 Å². The molecule has 0 radical (unpaired) electrons. The number of morpholine rings is 1. The van der Waals surface area contributed by atoms with Crippen LogP contribution in [0.4, 0.5) is 0 Å². The summed E-state index contributed by atoms with van der Waals surface area (Å²) >= 11 is 8.91. The first-order valence-corrected chi connectivity index (χ1v) is 9.78. The third-order valence-corrected chi connectivity index (χ3v) is 5.28. The number of hydrogen-bond donors (Lipinski definition) is 1. The summed E-state index contributed by atoms with van der Waals surface area (Å²) in [6.45, 7) is 6.69. The number of ether oxygens (including phenoxy) is 1. The van der Waals surface area contributed by atoms with Crippen LogP contribution in [0, 0.1) is 0 Å². The van der Waals surface area contributed by atoms with Crippen molar-refractivity contribution in [1.29, 1.82) is 0 Å². The minimum absolute atomic E-state index is 0.0117. The van der Waals surface area contributed by atoms with Gasteiger partial charge in [0, 0.05) is 49.3 Å². The number of amides is 1. The number of hydrogen-bond acceptors (Lipinski definition) is 4.